The first-order valence-electron chi connectivity index (χ1n) is 12.1. The van der Waals surface area contributed by atoms with Crippen LogP contribution in [0.3, 0.4) is 0 Å². The highest BCUT2D eigenvalue weighted by molar-refractivity contribution is 6.31. The minimum absolute atomic E-state index is 0.0553. The average Bonchev–Trinajstić information content (AvgIpc) is 2.92. The fraction of sp³-hybridized carbons (Fsp3) is 0.296. The number of pyridine rings is 1. The van der Waals surface area contributed by atoms with Gasteiger partial charge in [0, 0.05) is 68.7 Å². The number of fused-ring (bicyclic) bond motifs is 1. The van der Waals surface area contributed by atoms with Gasteiger partial charge < -0.3 is 20.5 Å². The monoisotopic (exact) mass is 538 g/mol. The number of methoxy groups -OCH3 is 1. The molecule has 1 aliphatic heterocycles. The van der Waals surface area contributed by atoms with E-state index < -0.39 is 5.82 Å². The Labute approximate surface area is 225 Å². The number of carbonyl (C=O) groups excluding carboxylic acids is 1. The van der Waals surface area contributed by atoms with Gasteiger partial charge >= 0.3 is 0 Å². The Morgan fingerprint density at radius 1 is 1.26 bits per heavy atom. The summed E-state index contributed by atoms with van der Waals surface area (Å²) in [4.78, 5) is 21.5. The van der Waals surface area contributed by atoms with Crippen LogP contribution in [-0.4, -0.2) is 78.8 Å². The molecule has 0 aliphatic carbocycles. The molecule has 0 spiro atoms. The standard InChI is InChI=1S/C27H28ClFN6O3/c1-38-25-15-23-20(27(18(16-30)17-31-23)32-19-4-5-22(29)21(28)13-19)14-24(25)33-26(37)3-2-6-34-7-9-35(10-8-34)11-12-36/h2-5,13-15,17,36H,6-12H2,1H3,(H,31,32)(H,33,37)/b3-2+. The van der Waals surface area contributed by atoms with Crippen LogP contribution in [0.4, 0.5) is 21.5 Å². The highest BCUT2D eigenvalue weighted by atomic mass is 35.5. The number of hydrogen-bond acceptors (Lipinski definition) is 8. The summed E-state index contributed by atoms with van der Waals surface area (Å²) in [5, 5.41) is 25.2. The molecule has 3 N–H and O–H groups in total. The molecular formula is C27H28ClFN6O3. The molecule has 0 bridgehead atoms. The quantitative estimate of drug-likeness (QED) is 0.353. The maximum Gasteiger partial charge on any atom is 0.248 e. The van der Waals surface area contributed by atoms with E-state index in [1.54, 1.807) is 12.1 Å². The molecule has 0 radical (unpaired) electrons. The normalized spacial score (nSPS) is 14.5. The zero-order valence-electron chi connectivity index (χ0n) is 20.9. The Balaban J connectivity index is 1.53. The summed E-state index contributed by atoms with van der Waals surface area (Å²) in [5.74, 6) is -0.470. The van der Waals surface area contributed by atoms with Crippen LogP contribution in [0.2, 0.25) is 5.02 Å². The number of nitrogens with zero attached hydrogens (tertiary/aromatic N) is 4. The molecule has 4 rings (SSSR count). The van der Waals surface area contributed by atoms with Gasteiger partial charge in [-0.1, -0.05) is 17.7 Å². The summed E-state index contributed by atoms with van der Waals surface area (Å²) in [7, 11) is 1.49. The molecule has 1 aromatic heterocycles. The zero-order valence-corrected chi connectivity index (χ0v) is 21.6. The number of aromatic nitrogens is 1. The molecule has 0 saturated carbocycles. The van der Waals surface area contributed by atoms with Crippen LogP contribution in [0.5, 0.6) is 5.75 Å². The van der Waals surface area contributed by atoms with E-state index in [9.17, 15) is 14.4 Å². The van der Waals surface area contributed by atoms with Gasteiger partial charge in [0.15, 0.2) is 0 Å². The fourth-order valence-corrected chi connectivity index (χ4v) is 4.42. The third-order valence-corrected chi connectivity index (χ3v) is 6.56. The van der Waals surface area contributed by atoms with Crippen molar-refractivity contribution in [2.45, 2.75) is 0 Å². The molecule has 2 aromatic carbocycles. The lowest BCUT2D eigenvalue weighted by molar-refractivity contribution is -0.111. The van der Waals surface area contributed by atoms with E-state index in [2.05, 4.69) is 31.5 Å². The van der Waals surface area contributed by atoms with Crippen molar-refractivity contribution in [1.29, 1.82) is 5.26 Å². The predicted octanol–water partition coefficient (Wildman–Crippen LogP) is 3.76. The Bertz CT molecular complexity index is 1390. The Morgan fingerprint density at radius 2 is 2.03 bits per heavy atom. The highest BCUT2D eigenvalue weighted by Crippen LogP contribution is 2.36. The fourth-order valence-electron chi connectivity index (χ4n) is 4.24. The Morgan fingerprint density at radius 3 is 2.71 bits per heavy atom. The SMILES string of the molecule is COc1cc2ncc(C#N)c(Nc3ccc(F)c(Cl)c3)c2cc1NC(=O)/C=C/CN1CCN(CCO)CC1. The molecule has 1 aliphatic rings. The van der Waals surface area contributed by atoms with Crippen molar-refractivity contribution < 1.29 is 19.0 Å². The van der Waals surface area contributed by atoms with Gasteiger partial charge in [0.2, 0.25) is 5.91 Å². The zero-order chi connectivity index (χ0) is 27.1. The smallest absolute Gasteiger partial charge is 0.248 e. The van der Waals surface area contributed by atoms with Gasteiger partial charge in [-0.2, -0.15) is 5.26 Å². The number of aliphatic hydroxyl groups excluding tert-OH is 1. The number of halogens is 2. The molecule has 11 heteroatoms. The van der Waals surface area contributed by atoms with Crippen LogP contribution < -0.4 is 15.4 Å². The summed E-state index contributed by atoms with van der Waals surface area (Å²) < 4.78 is 19.1. The van der Waals surface area contributed by atoms with Gasteiger partial charge in [0.1, 0.15) is 17.6 Å². The summed E-state index contributed by atoms with van der Waals surface area (Å²) in [6, 6.07) is 9.63. The molecule has 1 amide bonds. The van der Waals surface area contributed by atoms with Gasteiger partial charge in [-0.25, -0.2) is 4.39 Å². The molecule has 1 saturated heterocycles. The van der Waals surface area contributed by atoms with Crippen molar-refractivity contribution in [1.82, 2.24) is 14.8 Å². The number of amides is 1. The van der Waals surface area contributed by atoms with Crippen LogP contribution in [-0.2, 0) is 4.79 Å². The lowest BCUT2D eigenvalue weighted by atomic mass is 10.1. The van der Waals surface area contributed by atoms with Crippen LogP contribution in [0.15, 0.2) is 48.7 Å². The number of benzene rings is 2. The number of β-amino-alcohol motifs (C(OH)–C–C–N with tert-alkyl or cyclic N) is 1. The first-order chi connectivity index (χ1) is 18.4. The molecule has 1 fully saturated rings. The number of carbonyl (C=O) groups is 1. The number of ether oxygens (including phenoxy) is 1. The number of piperazine rings is 1. The van der Waals surface area contributed by atoms with Crippen molar-refractivity contribution in [3.8, 4) is 11.8 Å². The first kappa shape index (κ1) is 27.3. The van der Waals surface area contributed by atoms with Gasteiger partial charge in [0.25, 0.3) is 0 Å². The molecular weight excluding hydrogens is 511 g/mol. The van der Waals surface area contributed by atoms with Crippen molar-refractivity contribution >= 4 is 45.5 Å². The van der Waals surface area contributed by atoms with Crippen LogP contribution in [0.1, 0.15) is 5.56 Å². The molecule has 0 atom stereocenters. The number of aliphatic hydroxyl groups is 1. The van der Waals surface area contributed by atoms with E-state index in [0.29, 0.717) is 46.8 Å². The van der Waals surface area contributed by atoms with Crippen LogP contribution in [0, 0.1) is 17.1 Å². The van der Waals surface area contributed by atoms with Gasteiger partial charge in [0.05, 0.1) is 41.2 Å². The average molecular weight is 539 g/mol. The topological polar surface area (TPSA) is 114 Å². The van der Waals surface area contributed by atoms with E-state index in [0.717, 1.165) is 26.2 Å². The molecule has 0 unspecified atom stereocenters. The van der Waals surface area contributed by atoms with Crippen LogP contribution >= 0.6 is 11.6 Å². The van der Waals surface area contributed by atoms with Gasteiger partial charge in [-0.05, 0) is 24.3 Å². The summed E-state index contributed by atoms with van der Waals surface area (Å²) >= 11 is 5.93. The largest absolute Gasteiger partial charge is 0.494 e. The molecule has 3 aromatic rings. The van der Waals surface area contributed by atoms with Crippen molar-refractivity contribution in [3.05, 3.63) is 65.1 Å². The number of nitrogens with one attached hydrogen (secondary N) is 2. The van der Waals surface area contributed by atoms with Gasteiger partial charge in [-0.15, -0.1) is 0 Å². The lowest BCUT2D eigenvalue weighted by Gasteiger charge is -2.33. The Kier molecular flexibility index (Phi) is 9.10. The van der Waals surface area contributed by atoms with Crippen molar-refractivity contribution in [3.63, 3.8) is 0 Å². The second kappa shape index (κ2) is 12.7. The van der Waals surface area contributed by atoms with Crippen molar-refractivity contribution in [2.24, 2.45) is 0 Å². The molecule has 2 heterocycles. The van der Waals surface area contributed by atoms with E-state index in [1.807, 2.05) is 6.08 Å². The molecule has 9 nitrogen and oxygen atoms in total. The summed E-state index contributed by atoms with van der Waals surface area (Å²) in [6.07, 6.45) is 4.72. The first-order valence-corrected chi connectivity index (χ1v) is 12.5. The van der Waals surface area contributed by atoms with Crippen LogP contribution in [0.25, 0.3) is 10.9 Å². The maximum absolute atomic E-state index is 13.6. The third kappa shape index (κ3) is 6.57. The predicted molar refractivity (Wildman–Crippen MR) is 145 cm³/mol. The summed E-state index contributed by atoms with van der Waals surface area (Å²) in [6.45, 7) is 4.98. The van der Waals surface area contributed by atoms with E-state index in [1.165, 1.54) is 37.6 Å². The van der Waals surface area contributed by atoms with Crippen molar-refractivity contribution in [2.75, 3.05) is 63.6 Å². The second-order valence-corrected chi connectivity index (χ2v) is 9.15. The Hall–Kier alpha value is -3.75. The number of nitriles is 1. The highest BCUT2D eigenvalue weighted by Gasteiger charge is 2.17. The lowest BCUT2D eigenvalue weighted by Crippen LogP contribution is -2.47. The summed E-state index contributed by atoms with van der Waals surface area (Å²) in [5.41, 5.74) is 2.13. The number of rotatable bonds is 9. The minimum Gasteiger partial charge on any atom is -0.494 e. The van der Waals surface area contributed by atoms with E-state index in [-0.39, 0.29) is 23.1 Å². The van der Waals surface area contributed by atoms with E-state index >= 15 is 0 Å². The van der Waals surface area contributed by atoms with E-state index in [4.69, 9.17) is 21.4 Å². The third-order valence-electron chi connectivity index (χ3n) is 6.27. The van der Waals surface area contributed by atoms with Gasteiger partial charge in [-0.3, -0.25) is 19.6 Å². The minimum atomic E-state index is -0.552. The maximum atomic E-state index is 13.6. The number of anilines is 3. The molecule has 38 heavy (non-hydrogen) atoms. The second-order valence-electron chi connectivity index (χ2n) is 8.74. The molecule has 198 valence electrons. The number of hydrogen-bond donors (Lipinski definition) is 3.